The third-order valence-corrected chi connectivity index (χ3v) is 7.40. The summed E-state index contributed by atoms with van der Waals surface area (Å²) in [6, 6.07) is 12.7. The molecule has 4 rings (SSSR count). The van der Waals surface area contributed by atoms with Crippen molar-refractivity contribution >= 4 is 55.2 Å². The molecular weight excluding hydrogens is 584 g/mol. The van der Waals surface area contributed by atoms with Crippen molar-refractivity contribution in [3.05, 3.63) is 93.5 Å². The van der Waals surface area contributed by atoms with Crippen molar-refractivity contribution in [1.82, 2.24) is 4.57 Å². The van der Waals surface area contributed by atoms with E-state index >= 15 is 0 Å². The lowest BCUT2D eigenvalue weighted by Gasteiger charge is -2.24. The fraction of sp³-hybridized carbons (Fsp3) is 0.240. The molecule has 0 fully saturated rings. The van der Waals surface area contributed by atoms with Gasteiger partial charge in [0, 0.05) is 0 Å². The van der Waals surface area contributed by atoms with Crippen molar-refractivity contribution < 1.29 is 14.3 Å². The first-order valence-corrected chi connectivity index (χ1v) is 13.1. The first-order valence-electron chi connectivity index (χ1n) is 10.7. The van der Waals surface area contributed by atoms with Crippen LogP contribution in [0.1, 0.15) is 37.9 Å². The second kappa shape index (κ2) is 10.4. The molecule has 0 saturated heterocycles. The van der Waals surface area contributed by atoms with Crippen LogP contribution in [0, 0.1) is 0 Å². The van der Waals surface area contributed by atoms with E-state index in [1.165, 1.54) is 11.3 Å². The lowest BCUT2D eigenvalue weighted by molar-refractivity contribution is -0.139. The number of nitrogens with zero attached hydrogens (tertiary/aromatic N) is 2. The highest BCUT2D eigenvalue weighted by Crippen LogP contribution is 2.35. The third kappa shape index (κ3) is 4.69. The SMILES string of the molecule is CCOC(=O)C1=C(C)N=c2s/c(=C\c3cc(Br)c(OCC)c(Br)c3)c(=O)n2[C@H]1c1ccccc1. The zero-order chi connectivity index (χ0) is 24.4. The number of hydrogen-bond acceptors (Lipinski definition) is 6. The molecule has 0 unspecified atom stereocenters. The summed E-state index contributed by atoms with van der Waals surface area (Å²) < 4.78 is 14.6. The molecule has 2 heterocycles. The molecule has 1 aliphatic rings. The van der Waals surface area contributed by atoms with E-state index in [1.54, 1.807) is 18.4 Å². The molecule has 3 aromatic rings. The number of esters is 1. The maximum atomic E-state index is 13.6. The molecule has 9 heteroatoms. The Morgan fingerprint density at radius 3 is 2.44 bits per heavy atom. The minimum Gasteiger partial charge on any atom is -0.492 e. The van der Waals surface area contributed by atoms with Gasteiger partial charge in [0.25, 0.3) is 5.56 Å². The van der Waals surface area contributed by atoms with E-state index in [0.717, 1.165) is 20.1 Å². The average molecular weight is 606 g/mol. The van der Waals surface area contributed by atoms with E-state index in [-0.39, 0.29) is 12.2 Å². The zero-order valence-corrected chi connectivity index (χ0v) is 22.8. The van der Waals surface area contributed by atoms with Crippen molar-refractivity contribution in [1.29, 1.82) is 0 Å². The van der Waals surface area contributed by atoms with E-state index in [4.69, 9.17) is 9.47 Å². The summed E-state index contributed by atoms with van der Waals surface area (Å²) in [5.41, 5.74) is 2.35. The predicted molar refractivity (Wildman–Crippen MR) is 140 cm³/mol. The molecule has 1 atom stereocenters. The number of halogens is 2. The van der Waals surface area contributed by atoms with Gasteiger partial charge in [-0.2, -0.15) is 0 Å². The van der Waals surface area contributed by atoms with Gasteiger partial charge in [-0.05, 0) is 82.0 Å². The lowest BCUT2D eigenvalue weighted by atomic mass is 9.96. The Morgan fingerprint density at radius 2 is 1.82 bits per heavy atom. The predicted octanol–water partition coefficient (Wildman–Crippen LogP) is 4.72. The molecule has 34 heavy (non-hydrogen) atoms. The van der Waals surface area contributed by atoms with Gasteiger partial charge in [-0.15, -0.1) is 0 Å². The van der Waals surface area contributed by atoms with Gasteiger partial charge < -0.3 is 9.47 Å². The summed E-state index contributed by atoms with van der Waals surface area (Å²) in [7, 11) is 0. The van der Waals surface area contributed by atoms with Crippen LogP contribution in [0.25, 0.3) is 6.08 Å². The number of allylic oxidation sites excluding steroid dienone is 1. The van der Waals surface area contributed by atoms with Gasteiger partial charge in [0.15, 0.2) is 4.80 Å². The van der Waals surface area contributed by atoms with Gasteiger partial charge in [-0.3, -0.25) is 9.36 Å². The van der Waals surface area contributed by atoms with Gasteiger partial charge in [0.2, 0.25) is 0 Å². The standard InChI is InChI=1S/C25H22Br2N2O4S/c1-4-32-22-17(26)11-15(12-18(22)27)13-19-23(30)29-21(16-9-7-6-8-10-16)20(24(31)33-5-2)14(3)28-25(29)34-19/h6-13,21H,4-5H2,1-3H3/b19-13-/t21-/m0/s1. The van der Waals surface area contributed by atoms with E-state index in [2.05, 4.69) is 36.9 Å². The van der Waals surface area contributed by atoms with Crippen LogP contribution in [-0.4, -0.2) is 23.8 Å². The quantitative estimate of drug-likeness (QED) is 0.381. The summed E-state index contributed by atoms with van der Waals surface area (Å²) in [5, 5.41) is 0. The molecule has 0 amide bonds. The molecular formula is C25H22Br2N2O4S. The molecule has 1 aromatic heterocycles. The summed E-state index contributed by atoms with van der Waals surface area (Å²) in [5.74, 6) is 0.242. The van der Waals surface area contributed by atoms with Gasteiger partial charge in [0.1, 0.15) is 5.75 Å². The van der Waals surface area contributed by atoms with Crippen LogP contribution in [0.3, 0.4) is 0 Å². The Hall–Kier alpha value is -2.49. The number of hydrogen-bond donors (Lipinski definition) is 0. The first-order chi connectivity index (χ1) is 16.3. The number of aromatic nitrogens is 1. The maximum absolute atomic E-state index is 13.6. The number of ether oxygens (including phenoxy) is 2. The molecule has 0 saturated carbocycles. The second-order valence-corrected chi connectivity index (χ2v) is 10.2. The number of benzene rings is 2. The van der Waals surface area contributed by atoms with Crippen molar-refractivity contribution in [2.45, 2.75) is 26.8 Å². The van der Waals surface area contributed by atoms with Crippen LogP contribution < -0.4 is 19.6 Å². The Balaban J connectivity index is 1.91. The molecule has 0 bridgehead atoms. The molecule has 0 radical (unpaired) electrons. The summed E-state index contributed by atoms with van der Waals surface area (Å²) in [6.45, 7) is 6.23. The average Bonchev–Trinajstić information content (AvgIpc) is 3.10. The number of fused-ring (bicyclic) bond motifs is 1. The number of carbonyl (C=O) groups excluding carboxylic acids is 1. The second-order valence-electron chi connectivity index (χ2n) is 7.46. The smallest absolute Gasteiger partial charge is 0.338 e. The van der Waals surface area contributed by atoms with E-state index in [1.807, 2.05) is 55.5 Å². The minimum absolute atomic E-state index is 0.215. The molecule has 2 aromatic carbocycles. The van der Waals surface area contributed by atoms with Crippen LogP contribution in [0.4, 0.5) is 0 Å². The van der Waals surface area contributed by atoms with Crippen LogP contribution in [0.2, 0.25) is 0 Å². The van der Waals surface area contributed by atoms with Crippen LogP contribution in [0.5, 0.6) is 5.75 Å². The molecule has 0 aliphatic carbocycles. The summed E-state index contributed by atoms with van der Waals surface area (Å²) in [4.78, 5) is 31.7. The van der Waals surface area contributed by atoms with Gasteiger partial charge in [-0.25, -0.2) is 9.79 Å². The van der Waals surface area contributed by atoms with Crippen LogP contribution in [-0.2, 0) is 9.53 Å². The van der Waals surface area contributed by atoms with E-state index in [0.29, 0.717) is 33.0 Å². The molecule has 0 spiro atoms. The summed E-state index contributed by atoms with van der Waals surface area (Å²) in [6.07, 6.45) is 1.82. The lowest BCUT2D eigenvalue weighted by Crippen LogP contribution is -2.39. The van der Waals surface area contributed by atoms with Crippen molar-refractivity contribution in [2.75, 3.05) is 13.2 Å². The van der Waals surface area contributed by atoms with E-state index in [9.17, 15) is 9.59 Å². The van der Waals surface area contributed by atoms with Crippen LogP contribution in [0.15, 0.2) is 72.5 Å². The molecule has 176 valence electrons. The number of rotatable bonds is 6. The Kier molecular flexibility index (Phi) is 7.54. The highest BCUT2D eigenvalue weighted by atomic mass is 79.9. The van der Waals surface area contributed by atoms with Crippen LogP contribution >= 0.6 is 43.2 Å². The normalized spacial score (nSPS) is 15.7. The molecule has 0 N–H and O–H groups in total. The summed E-state index contributed by atoms with van der Waals surface area (Å²) >= 11 is 8.38. The van der Waals surface area contributed by atoms with Gasteiger partial charge in [0.05, 0.1) is 44.0 Å². The minimum atomic E-state index is -0.613. The van der Waals surface area contributed by atoms with Gasteiger partial charge >= 0.3 is 5.97 Å². The highest BCUT2D eigenvalue weighted by molar-refractivity contribution is 9.11. The van der Waals surface area contributed by atoms with E-state index < -0.39 is 12.0 Å². The largest absolute Gasteiger partial charge is 0.492 e. The fourth-order valence-corrected chi connectivity index (χ4v) is 6.34. The maximum Gasteiger partial charge on any atom is 0.338 e. The third-order valence-electron chi connectivity index (χ3n) is 5.24. The Labute approximate surface area is 217 Å². The highest BCUT2D eigenvalue weighted by Gasteiger charge is 2.33. The van der Waals surface area contributed by atoms with Gasteiger partial charge in [-0.1, -0.05) is 41.7 Å². The monoisotopic (exact) mass is 604 g/mol. The Bertz CT molecular complexity index is 1440. The van der Waals surface area contributed by atoms with Crippen molar-refractivity contribution in [3.8, 4) is 5.75 Å². The van der Waals surface area contributed by atoms with Crippen molar-refractivity contribution in [3.63, 3.8) is 0 Å². The zero-order valence-electron chi connectivity index (χ0n) is 18.8. The number of carbonyl (C=O) groups is 1. The molecule has 1 aliphatic heterocycles. The fourth-order valence-electron chi connectivity index (χ4n) is 3.84. The first kappa shape index (κ1) is 24.6. The molecule has 6 nitrogen and oxygen atoms in total. The topological polar surface area (TPSA) is 69.9 Å². The Morgan fingerprint density at radius 1 is 1.15 bits per heavy atom. The van der Waals surface area contributed by atoms with Crippen molar-refractivity contribution in [2.24, 2.45) is 4.99 Å². The number of thiazole rings is 1.